The summed E-state index contributed by atoms with van der Waals surface area (Å²) in [5, 5.41) is -0.762. The highest BCUT2D eigenvalue weighted by molar-refractivity contribution is 6.65. The molecule has 1 rings (SSSR count). The summed E-state index contributed by atoms with van der Waals surface area (Å²) < 4.78 is 4.18. The van der Waals surface area contributed by atoms with Crippen LogP contribution in [0.5, 0.6) is 0 Å². The summed E-state index contributed by atoms with van der Waals surface area (Å²) in [5.74, 6) is -2.38. The number of halogens is 1. The summed E-state index contributed by atoms with van der Waals surface area (Å²) in [4.78, 5) is 31.6. The summed E-state index contributed by atoms with van der Waals surface area (Å²) >= 11 is 5.05. The molecule has 0 saturated carbocycles. The van der Waals surface area contributed by atoms with Gasteiger partial charge in [0.2, 0.25) is 5.24 Å². The molecular weight excluding hydrogens is 172 g/mol. The van der Waals surface area contributed by atoms with Gasteiger partial charge in [-0.15, -0.1) is 0 Å². The van der Waals surface area contributed by atoms with E-state index in [2.05, 4.69) is 4.74 Å². The zero-order valence-corrected chi connectivity index (χ0v) is 6.26. The molecule has 0 amide bonds. The van der Waals surface area contributed by atoms with Crippen molar-refractivity contribution in [2.45, 2.75) is 12.8 Å². The molecule has 4 nitrogen and oxygen atoms in total. The minimum Gasteiger partial charge on any atom is -0.393 e. The van der Waals surface area contributed by atoms with E-state index in [0.29, 0.717) is 0 Å². The van der Waals surface area contributed by atoms with Crippen molar-refractivity contribution < 1.29 is 19.1 Å². The van der Waals surface area contributed by atoms with Gasteiger partial charge in [0.05, 0.1) is 0 Å². The van der Waals surface area contributed by atoms with Crippen molar-refractivity contribution in [2.75, 3.05) is 0 Å². The molecular formula is C6H5ClO4. The van der Waals surface area contributed by atoms with E-state index >= 15 is 0 Å². The van der Waals surface area contributed by atoms with Gasteiger partial charge in [0.25, 0.3) is 0 Å². The van der Waals surface area contributed by atoms with Crippen LogP contribution < -0.4 is 0 Å². The minimum atomic E-state index is -0.950. The number of hydrogen-bond donors (Lipinski definition) is 0. The van der Waals surface area contributed by atoms with Crippen molar-refractivity contribution >= 4 is 28.8 Å². The number of cyclic esters (lactones) is 2. The van der Waals surface area contributed by atoms with Gasteiger partial charge >= 0.3 is 11.9 Å². The SMILES string of the molecule is O=C1CCC(C(=O)Cl)C(=O)O1. The quantitative estimate of drug-likeness (QED) is 0.326. The number of carbonyl (C=O) groups excluding carboxylic acids is 3. The van der Waals surface area contributed by atoms with E-state index in [1.165, 1.54) is 0 Å². The highest BCUT2D eigenvalue weighted by Gasteiger charge is 2.33. The van der Waals surface area contributed by atoms with Crippen molar-refractivity contribution in [3.8, 4) is 0 Å². The molecule has 1 saturated heterocycles. The standard InChI is InChI=1S/C6H5ClO4/c7-5(9)3-1-2-4(8)11-6(3)10/h3H,1-2H2. The lowest BCUT2D eigenvalue weighted by Crippen LogP contribution is -2.31. The summed E-state index contributed by atoms with van der Waals surface area (Å²) in [6, 6.07) is 0. The van der Waals surface area contributed by atoms with Crippen LogP contribution >= 0.6 is 11.6 Å². The fourth-order valence-electron chi connectivity index (χ4n) is 0.821. The molecule has 11 heavy (non-hydrogen) atoms. The van der Waals surface area contributed by atoms with Crippen LogP contribution in [0.15, 0.2) is 0 Å². The molecule has 1 atom stereocenters. The predicted octanol–water partition coefficient (Wildman–Crippen LogP) is 0.232. The van der Waals surface area contributed by atoms with Crippen LogP contribution in [0.2, 0.25) is 0 Å². The molecule has 0 aliphatic carbocycles. The molecule has 1 fully saturated rings. The van der Waals surface area contributed by atoms with Gasteiger partial charge in [-0.1, -0.05) is 0 Å². The molecule has 1 aliphatic rings. The minimum absolute atomic E-state index is 0.0782. The van der Waals surface area contributed by atoms with Crippen LogP contribution in [0.3, 0.4) is 0 Å². The average Bonchev–Trinajstić information content (AvgIpc) is 1.85. The fourth-order valence-corrected chi connectivity index (χ4v) is 1.02. The van der Waals surface area contributed by atoms with E-state index in [1.54, 1.807) is 0 Å². The second-order valence-electron chi connectivity index (χ2n) is 2.19. The van der Waals surface area contributed by atoms with E-state index in [-0.39, 0.29) is 12.8 Å². The Labute approximate surface area is 67.5 Å². The second kappa shape index (κ2) is 3.00. The Hall–Kier alpha value is -0.900. The Bertz CT molecular complexity index is 223. The Balaban J connectivity index is 2.65. The van der Waals surface area contributed by atoms with Gasteiger partial charge in [0.1, 0.15) is 5.92 Å². The van der Waals surface area contributed by atoms with E-state index in [9.17, 15) is 14.4 Å². The predicted molar refractivity (Wildman–Crippen MR) is 34.7 cm³/mol. The highest BCUT2D eigenvalue weighted by atomic mass is 35.5. The second-order valence-corrected chi connectivity index (χ2v) is 2.56. The molecule has 1 aliphatic heterocycles. The number of carbonyl (C=O) groups is 3. The molecule has 0 aromatic heterocycles. The van der Waals surface area contributed by atoms with Crippen LogP contribution in [-0.4, -0.2) is 17.2 Å². The maximum Gasteiger partial charge on any atom is 0.325 e. The summed E-state index contributed by atoms with van der Waals surface area (Å²) in [6.07, 6.45) is 0.245. The van der Waals surface area contributed by atoms with Crippen molar-refractivity contribution in [3.05, 3.63) is 0 Å². The first-order valence-electron chi connectivity index (χ1n) is 3.05. The lowest BCUT2D eigenvalue weighted by Gasteiger charge is -2.14. The van der Waals surface area contributed by atoms with Crippen molar-refractivity contribution in [2.24, 2.45) is 5.92 Å². The van der Waals surface area contributed by atoms with Crippen molar-refractivity contribution in [3.63, 3.8) is 0 Å². The van der Waals surface area contributed by atoms with Gasteiger partial charge in [0, 0.05) is 6.42 Å². The summed E-state index contributed by atoms with van der Waals surface area (Å²) in [7, 11) is 0. The Morgan fingerprint density at radius 3 is 2.64 bits per heavy atom. The summed E-state index contributed by atoms with van der Waals surface area (Å²) in [6.45, 7) is 0. The zero-order valence-electron chi connectivity index (χ0n) is 5.50. The van der Waals surface area contributed by atoms with Crippen molar-refractivity contribution in [1.82, 2.24) is 0 Å². The maximum absolute atomic E-state index is 10.7. The number of hydrogen-bond acceptors (Lipinski definition) is 4. The fraction of sp³-hybridized carbons (Fsp3) is 0.500. The normalized spacial score (nSPS) is 24.6. The number of rotatable bonds is 1. The van der Waals surface area contributed by atoms with Gasteiger partial charge in [-0.05, 0) is 18.0 Å². The summed E-state index contributed by atoms with van der Waals surface area (Å²) in [5.41, 5.74) is 0. The lowest BCUT2D eigenvalue weighted by atomic mass is 10.0. The average molecular weight is 177 g/mol. The van der Waals surface area contributed by atoms with E-state index in [1.807, 2.05) is 0 Å². The molecule has 60 valence electrons. The van der Waals surface area contributed by atoms with Crippen LogP contribution in [-0.2, 0) is 19.1 Å². The number of esters is 2. The third-order valence-electron chi connectivity index (χ3n) is 1.41. The highest BCUT2D eigenvalue weighted by Crippen LogP contribution is 2.18. The van der Waals surface area contributed by atoms with Gasteiger partial charge in [-0.3, -0.25) is 14.4 Å². The van der Waals surface area contributed by atoms with E-state index in [4.69, 9.17) is 11.6 Å². The first kappa shape index (κ1) is 8.20. The van der Waals surface area contributed by atoms with Crippen molar-refractivity contribution in [1.29, 1.82) is 0 Å². The zero-order chi connectivity index (χ0) is 8.43. The molecule has 0 aromatic rings. The Kier molecular flexibility index (Phi) is 2.24. The molecule has 0 N–H and O–H groups in total. The molecule has 0 aromatic carbocycles. The first-order chi connectivity index (χ1) is 5.11. The largest absolute Gasteiger partial charge is 0.393 e. The van der Waals surface area contributed by atoms with Gasteiger partial charge < -0.3 is 4.74 Å². The molecule has 1 unspecified atom stereocenters. The monoisotopic (exact) mass is 176 g/mol. The Morgan fingerprint density at radius 2 is 2.18 bits per heavy atom. The maximum atomic E-state index is 10.7. The third-order valence-corrected chi connectivity index (χ3v) is 1.67. The molecule has 0 bridgehead atoms. The smallest absolute Gasteiger partial charge is 0.325 e. The topological polar surface area (TPSA) is 60.4 Å². The molecule has 0 spiro atoms. The van der Waals surface area contributed by atoms with E-state index in [0.717, 1.165) is 0 Å². The Morgan fingerprint density at radius 1 is 1.55 bits per heavy atom. The molecule has 5 heteroatoms. The van der Waals surface area contributed by atoms with E-state index < -0.39 is 23.1 Å². The third kappa shape index (κ3) is 1.77. The first-order valence-corrected chi connectivity index (χ1v) is 3.43. The number of ether oxygens (including phenoxy) is 1. The molecule has 1 heterocycles. The van der Waals surface area contributed by atoms with Gasteiger partial charge in [0.15, 0.2) is 0 Å². The lowest BCUT2D eigenvalue weighted by molar-refractivity contribution is -0.167. The van der Waals surface area contributed by atoms with Crippen LogP contribution in [0.4, 0.5) is 0 Å². The van der Waals surface area contributed by atoms with Crippen LogP contribution in [0.25, 0.3) is 0 Å². The van der Waals surface area contributed by atoms with Crippen LogP contribution in [0, 0.1) is 5.92 Å². The van der Waals surface area contributed by atoms with Gasteiger partial charge in [-0.2, -0.15) is 0 Å². The molecule has 0 radical (unpaired) electrons. The van der Waals surface area contributed by atoms with Gasteiger partial charge in [-0.25, -0.2) is 0 Å². The van der Waals surface area contributed by atoms with Crippen LogP contribution in [0.1, 0.15) is 12.8 Å².